The Kier molecular flexibility index (Phi) is 3.31. The predicted molar refractivity (Wildman–Crippen MR) is 62.7 cm³/mol. The molecule has 2 N–H and O–H groups in total. The number of halogens is 1. The van der Waals surface area contributed by atoms with Crippen molar-refractivity contribution in [3.63, 3.8) is 0 Å². The number of hydrogen-bond acceptors (Lipinski definition) is 2. The molecule has 84 valence electrons. The van der Waals surface area contributed by atoms with E-state index in [2.05, 4.69) is 0 Å². The number of aliphatic hydroxyl groups excluding tert-OH is 1. The second kappa shape index (κ2) is 4.03. The summed E-state index contributed by atoms with van der Waals surface area (Å²) in [4.78, 5) is 0. The third kappa shape index (κ3) is 2.11. The van der Waals surface area contributed by atoms with E-state index in [0.29, 0.717) is 5.02 Å². The summed E-state index contributed by atoms with van der Waals surface area (Å²) in [6.45, 7) is 7.60. The summed E-state index contributed by atoms with van der Waals surface area (Å²) in [6, 6.07) is 1.74. The van der Waals surface area contributed by atoms with Gasteiger partial charge in [0.1, 0.15) is 5.75 Å². The third-order valence-corrected chi connectivity index (χ3v) is 3.13. The molecule has 1 aromatic carbocycles. The molecule has 0 bridgehead atoms. The smallest absolute Gasteiger partial charge is 0.138 e. The number of aryl methyl sites for hydroxylation is 1. The first kappa shape index (κ1) is 12.3. The predicted octanol–water partition coefficient (Wildman–Crippen LogP) is 2.93. The molecule has 0 spiro atoms. The number of aromatic hydroxyl groups is 1. The lowest BCUT2D eigenvalue weighted by atomic mass is 9.81. The molecule has 1 rings (SSSR count). The Morgan fingerprint density at radius 1 is 1.33 bits per heavy atom. The first-order valence-electron chi connectivity index (χ1n) is 4.91. The number of benzene rings is 1. The molecule has 0 aromatic heterocycles. The Labute approximate surface area is 95.5 Å². The molecule has 0 heterocycles. The van der Waals surface area contributed by atoms with Crippen LogP contribution in [0.15, 0.2) is 6.07 Å². The maximum Gasteiger partial charge on any atom is 0.138 e. The molecule has 3 heteroatoms. The highest BCUT2D eigenvalue weighted by molar-refractivity contribution is 6.32. The van der Waals surface area contributed by atoms with Gasteiger partial charge < -0.3 is 10.2 Å². The molecule has 0 amide bonds. The highest BCUT2D eigenvalue weighted by Crippen LogP contribution is 2.39. The maximum absolute atomic E-state index is 9.93. The summed E-state index contributed by atoms with van der Waals surface area (Å²) in [7, 11) is 0. The topological polar surface area (TPSA) is 40.5 Å². The average Bonchev–Trinajstić information content (AvgIpc) is 2.15. The van der Waals surface area contributed by atoms with E-state index >= 15 is 0 Å². The van der Waals surface area contributed by atoms with E-state index in [4.69, 9.17) is 11.6 Å². The van der Waals surface area contributed by atoms with E-state index in [1.54, 1.807) is 6.07 Å². The average molecular weight is 229 g/mol. The van der Waals surface area contributed by atoms with E-state index in [1.165, 1.54) is 0 Å². The number of phenols is 1. The van der Waals surface area contributed by atoms with Crippen LogP contribution in [0.3, 0.4) is 0 Å². The largest absolute Gasteiger partial charge is 0.506 e. The number of rotatable bonds is 2. The van der Waals surface area contributed by atoms with E-state index in [9.17, 15) is 10.2 Å². The fraction of sp³-hybridized carbons (Fsp3) is 0.500. The minimum Gasteiger partial charge on any atom is -0.506 e. The van der Waals surface area contributed by atoms with Crippen LogP contribution < -0.4 is 0 Å². The minimum atomic E-state index is -0.482. The van der Waals surface area contributed by atoms with Gasteiger partial charge in [0.25, 0.3) is 0 Å². The van der Waals surface area contributed by atoms with Crippen molar-refractivity contribution >= 4 is 11.6 Å². The summed E-state index contributed by atoms with van der Waals surface area (Å²) in [5.74, 6) is 0.0822. The second-order valence-corrected chi connectivity index (χ2v) is 4.97. The fourth-order valence-corrected chi connectivity index (χ4v) is 2.03. The van der Waals surface area contributed by atoms with Crippen molar-refractivity contribution in [3.05, 3.63) is 27.8 Å². The molecule has 0 radical (unpaired) electrons. The van der Waals surface area contributed by atoms with E-state index in [1.807, 2.05) is 27.7 Å². The molecule has 0 saturated carbocycles. The molecule has 0 aliphatic carbocycles. The zero-order chi connectivity index (χ0) is 11.8. The molecule has 0 unspecified atom stereocenters. The standard InChI is InChI=1S/C12H17ClO2/c1-7-5-9(13)11(15)10(8(7)2)12(3,4)6-14/h5,14-15H,6H2,1-4H3. The fourth-order valence-electron chi connectivity index (χ4n) is 1.77. The molecule has 0 aliphatic rings. The van der Waals surface area contributed by atoms with Crippen LogP contribution >= 0.6 is 11.6 Å². The van der Waals surface area contributed by atoms with Crippen molar-refractivity contribution in [2.45, 2.75) is 33.1 Å². The number of hydrogen-bond donors (Lipinski definition) is 2. The first-order chi connectivity index (χ1) is 6.81. The maximum atomic E-state index is 9.93. The normalized spacial score (nSPS) is 11.9. The van der Waals surface area contributed by atoms with Gasteiger partial charge in [0, 0.05) is 11.0 Å². The zero-order valence-electron chi connectivity index (χ0n) is 9.56. The Bertz CT molecular complexity index is 357. The first-order valence-corrected chi connectivity index (χ1v) is 5.29. The molecule has 0 atom stereocenters. The summed E-state index contributed by atoms with van der Waals surface area (Å²) in [6.07, 6.45) is 0. The van der Waals surface area contributed by atoms with Crippen LogP contribution in [0.2, 0.25) is 5.02 Å². The van der Waals surface area contributed by atoms with Gasteiger partial charge in [-0.05, 0) is 31.0 Å². The molecule has 0 saturated heterocycles. The number of phenolic OH excluding ortho intramolecular Hbond substituents is 1. The highest BCUT2D eigenvalue weighted by Gasteiger charge is 2.27. The van der Waals surface area contributed by atoms with Crippen LogP contribution in [0, 0.1) is 13.8 Å². The minimum absolute atomic E-state index is 0.0266. The summed E-state index contributed by atoms with van der Waals surface area (Å²) < 4.78 is 0. The van der Waals surface area contributed by atoms with Gasteiger partial charge in [0.15, 0.2) is 0 Å². The molecule has 0 fully saturated rings. The van der Waals surface area contributed by atoms with Crippen molar-refractivity contribution in [3.8, 4) is 5.75 Å². The van der Waals surface area contributed by atoms with Crippen LogP contribution in [-0.4, -0.2) is 16.8 Å². The van der Waals surface area contributed by atoms with Crippen molar-refractivity contribution in [1.82, 2.24) is 0 Å². The van der Waals surface area contributed by atoms with Crippen LogP contribution in [-0.2, 0) is 5.41 Å². The summed E-state index contributed by atoms with van der Waals surface area (Å²) in [5.41, 5.74) is 2.25. The van der Waals surface area contributed by atoms with Crippen LogP contribution in [0.1, 0.15) is 30.5 Å². The molecule has 1 aromatic rings. The van der Waals surface area contributed by atoms with E-state index in [0.717, 1.165) is 16.7 Å². The van der Waals surface area contributed by atoms with E-state index in [-0.39, 0.29) is 12.4 Å². The quantitative estimate of drug-likeness (QED) is 0.817. The lowest BCUT2D eigenvalue weighted by Gasteiger charge is -2.27. The van der Waals surface area contributed by atoms with Gasteiger partial charge in [-0.1, -0.05) is 25.4 Å². The van der Waals surface area contributed by atoms with Crippen LogP contribution in [0.4, 0.5) is 0 Å². The van der Waals surface area contributed by atoms with Gasteiger partial charge in [-0.3, -0.25) is 0 Å². The van der Waals surface area contributed by atoms with Gasteiger partial charge in [-0.15, -0.1) is 0 Å². The Morgan fingerprint density at radius 2 is 1.87 bits per heavy atom. The van der Waals surface area contributed by atoms with Gasteiger partial charge >= 0.3 is 0 Å². The second-order valence-electron chi connectivity index (χ2n) is 4.57. The molecule has 0 aliphatic heterocycles. The van der Waals surface area contributed by atoms with Crippen molar-refractivity contribution in [2.24, 2.45) is 0 Å². The van der Waals surface area contributed by atoms with Crippen LogP contribution in [0.25, 0.3) is 0 Å². The van der Waals surface area contributed by atoms with Crippen molar-refractivity contribution in [1.29, 1.82) is 0 Å². The van der Waals surface area contributed by atoms with Gasteiger partial charge in [-0.2, -0.15) is 0 Å². The Balaban J connectivity index is 3.53. The van der Waals surface area contributed by atoms with Gasteiger partial charge in [0.05, 0.1) is 11.6 Å². The monoisotopic (exact) mass is 228 g/mol. The van der Waals surface area contributed by atoms with Crippen molar-refractivity contribution in [2.75, 3.05) is 6.61 Å². The lowest BCUT2D eigenvalue weighted by molar-refractivity contribution is 0.214. The SMILES string of the molecule is Cc1cc(Cl)c(O)c(C(C)(C)CO)c1C. The van der Waals surface area contributed by atoms with Gasteiger partial charge in [-0.25, -0.2) is 0 Å². The van der Waals surface area contributed by atoms with Gasteiger partial charge in [0.2, 0.25) is 0 Å². The Morgan fingerprint density at radius 3 is 2.33 bits per heavy atom. The van der Waals surface area contributed by atoms with Crippen molar-refractivity contribution < 1.29 is 10.2 Å². The Hall–Kier alpha value is -0.730. The van der Waals surface area contributed by atoms with E-state index < -0.39 is 5.41 Å². The van der Waals surface area contributed by atoms with Crippen LogP contribution in [0.5, 0.6) is 5.75 Å². The number of aliphatic hydroxyl groups is 1. The molecular weight excluding hydrogens is 212 g/mol. The zero-order valence-corrected chi connectivity index (χ0v) is 10.3. The summed E-state index contributed by atoms with van der Waals surface area (Å²) in [5, 5.41) is 19.6. The summed E-state index contributed by atoms with van der Waals surface area (Å²) >= 11 is 5.92. The highest BCUT2D eigenvalue weighted by atomic mass is 35.5. The third-order valence-electron chi connectivity index (χ3n) is 2.84. The molecule has 2 nitrogen and oxygen atoms in total. The molecular formula is C12H17ClO2. The lowest BCUT2D eigenvalue weighted by Crippen LogP contribution is -2.24. The molecule has 15 heavy (non-hydrogen) atoms.